The van der Waals surface area contributed by atoms with Gasteiger partial charge in [-0.1, -0.05) is 51.1 Å². The van der Waals surface area contributed by atoms with Gasteiger partial charge in [-0.15, -0.1) is 0 Å². The molecule has 3 aromatic rings. The molecule has 0 fully saturated rings. The van der Waals surface area contributed by atoms with Gasteiger partial charge in [-0.2, -0.15) is 0 Å². The average Bonchev–Trinajstić information content (AvgIpc) is 3.79. The van der Waals surface area contributed by atoms with Crippen LogP contribution in [0.1, 0.15) is 57.8 Å². The van der Waals surface area contributed by atoms with Crippen LogP contribution in [-0.2, 0) is 49.7 Å². The minimum atomic E-state index is -1.63. The highest BCUT2D eigenvalue weighted by Gasteiger charge is 2.38. The monoisotopic (exact) mass is 905 g/mol. The first-order chi connectivity index (χ1) is 30.7. The van der Waals surface area contributed by atoms with Gasteiger partial charge >= 0.3 is 0 Å². The summed E-state index contributed by atoms with van der Waals surface area (Å²) >= 11 is 0. The standard InChI is InChI=1S/C44H53F2N9O10/c1-26(57)50-21-36(59)51-33(20-35(47)58)43(65)52-32(42(64)49-16-15-48-37(60)24-55-38(61)12-13-39(55)62)14-17-54(40(63)25-56)41(44(2,3)4)34-18-28(30-19-29(45)10-11-31(30)46)23-53(34)22-27-8-6-5-7-9-27/h5-13,18-19,23,32-33,41,56H,14-17,20-22,24-25H2,1-4H3,(H2,47,58)(H,48,60)(H,49,64)(H,50,57)(H,51,59)(H,52,65)/t32-,33-,41-/m0/s1. The fourth-order valence-corrected chi connectivity index (χ4v) is 7.07. The fourth-order valence-electron chi connectivity index (χ4n) is 7.07. The summed E-state index contributed by atoms with van der Waals surface area (Å²) in [6.45, 7) is 3.88. The predicted octanol–water partition coefficient (Wildman–Crippen LogP) is -0.0817. The van der Waals surface area contributed by atoms with Crippen molar-refractivity contribution in [3.05, 3.63) is 95.8 Å². The second-order valence-corrected chi connectivity index (χ2v) is 16.2. The Kier molecular flexibility index (Phi) is 17.7. The molecule has 0 aliphatic carbocycles. The Balaban J connectivity index is 1.68. The number of amides is 9. The van der Waals surface area contributed by atoms with E-state index in [0.29, 0.717) is 10.6 Å². The number of rotatable bonds is 22. The van der Waals surface area contributed by atoms with Crippen LogP contribution in [0.4, 0.5) is 8.78 Å². The third-order valence-electron chi connectivity index (χ3n) is 10.0. The third kappa shape index (κ3) is 14.6. The van der Waals surface area contributed by atoms with E-state index in [9.17, 15) is 52.6 Å². The Morgan fingerprint density at radius 1 is 0.831 bits per heavy atom. The van der Waals surface area contributed by atoms with Gasteiger partial charge in [0.15, 0.2) is 0 Å². The van der Waals surface area contributed by atoms with E-state index in [-0.39, 0.29) is 43.7 Å². The molecule has 19 nitrogen and oxygen atoms in total. The number of carbonyl (C=O) groups is 9. The molecular weight excluding hydrogens is 853 g/mol. The van der Waals surface area contributed by atoms with Gasteiger partial charge < -0.3 is 46.9 Å². The smallest absolute Gasteiger partial charge is 0.254 e. The van der Waals surface area contributed by atoms with Gasteiger partial charge in [0.1, 0.15) is 36.9 Å². The van der Waals surface area contributed by atoms with Crippen LogP contribution < -0.4 is 32.3 Å². The van der Waals surface area contributed by atoms with Gasteiger partial charge in [0.05, 0.1) is 19.0 Å². The number of benzene rings is 2. The lowest BCUT2D eigenvalue weighted by Crippen LogP contribution is -2.56. The molecule has 1 aliphatic heterocycles. The highest BCUT2D eigenvalue weighted by Crippen LogP contribution is 2.41. The van der Waals surface area contributed by atoms with Crippen LogP contribution in [0.2, 0.25) is 0 Å². The molecule has 0 radical (unpaired) electrons. The van der Waals surface area contributed by atoms with E-state index in [2.05, 4.69) is 26.6 Å². The van der Waals surface area contributed by atoms with E-state index in [1.54, 1.807) is 16.8 Å². The van der Waals surface area contributed by atoms with Crippen LogP contribution in [0.15, 0.2) is 72.9 Å². The van der Waals surface area contributed by atoms with Crippen molar-refractivity contribution in [3.8, 4) is 11.1 Å². The van der Waals surface area contributed by atoms with Crippen molar-refractivity contribution in [2.45, 2.75) is 65.2 Å². The molecule has 348 valence electrons. The normalized spacial score (nSPS) is 13.7. The Morgan fingerprint density at radius 3 is 2.11 bits per heavy atom. The lowest BCUT2D eigenvalue weighted by Gasteiger charge is -2.41. The summed E-state index contributed by atoms with van der Waals surface area (Å²) in [5, 5.41) is 22.4. The van der Waals surface area contributed by atoms with Crippen LogP contribution in [0.5, 0.6) is 0 Å². The molecule has 65 heavy (non-hydrogen) atoms. The van der Waals surface area contributed by atoms with Crippen LogP contribution in [0.3, 0.4) is 0 Å². The van der Waals surface area contributed by atoms with Crippen molar-refractivity contribution in [3.63, 3.8) is 0 Å². The van der Waals surface area contributed by atoms with Crippen LogP contribution in [0.25, 0.3) is 11.1 Å². The molecule has 0 spiro atoms. The summed E-state index contributed by atoms with van der Waals surface area (Å²) < 4.78 is 31.5. The highest BCUT2D eigenvalue weighted by molar-refractivity contribution is 6.14. The topological polar surface area (TPSA) is 271 Å². The van der Waals surface area contributed by atoms with Crippen LogP contribution >= 0.6 is 0 Å². The summed E-state index contributed by atoms with van der Waals surface area (Å²) in [5.41, 5.74) is 6.02. The fraction of sp³-hybridized carbons (Fsp3) is 0.386. The van der Waals surface area contributed by atoms with E-state index in [1.165, 1.54) is 4.90 Å². The van der Waals surface area contributed by atoms with E-state index >= 15 is 4.39 Å². The van der Waals surface area contributed by atoms with Crippen molar-refractivity contribution in [2.24, 2.45) is 11.1 Å². The molecule has 2 heterocycles. The maximum absolute atomic E-state index is 15.3. The number of nitrogens with one attached hydrogen (secondary N) is 5. The molecule has 21 heteroatoms. The Bertz CT molecular complexity index is 2290. The van der Waals surface area contributed by atoms with Gasteiger partial charge in [0.2, 0.25) is 41.4 Å². The van der Waals surface area contributed by atoms with Crippen molar-refractivity contribution in [1.29, 1.82) is 0 Å². The minimum Gasteiger partial charge on any atom is -0.387 e. The van der Waals surface area contributed by atoms with Crippen molar-refractivity contribution >= 4 is 53.2 Å². The first-order valence-electron chi connectivity index (χ1n) is 20.5. The average molecular weight is 906 g/mol. The van der Waals surface area contributed by atoms with Crippen molar-refractivity contribution in [1.82, 2.24) is 41.0 Å². The van der Waals surface area contributed by atoms with Crippen molar-refractivity contribution < 1.29 is 57.0 Å². The number of aliphatic hydroxyl groups is 1. The molecule has 0 bridgehead atoms. The van der Waals surface area contributed by atoms with Crippen LogP contribution in [0, 0.1) is 17.0 Å². The molecule has 1 aliphatic rings. The van der Waals surface area contributed by atoms with Gasteiger partial charge in [-0.3, -0.25) is 48.1 Å². The van der Waals surface area contributed by atoms with E-state index in [1.807, 2.05) is 51.1 Å². The maximum Gasteiger partial charge on any atom is 0.254 e. The highest BCUT2D eigenvalue weighted by atomic mass is 19.1. The zero-order valence-electron chi connectivity index (χ0n) is 36.3. The number of halogens is 2. The number of aromatic nitrogens is 1. The molecule has 1 aromatic heterocycles. The number of nitrogens with zero attached hydrogens (tertiary/aromatic N) is 3. The SMILES string of the molecule is CC(=O)NCC(=O)N[C@@H](CC(N)=O)C(=O)N[C@@H](CCN(C(=O)CO)[C@@H](c1cc(-c2cc(F)ccc2F)cn1Cc1ccccc1)C(C)(C)C)C(=O)NCCNC(=O)CN1C(=O)C=CC1=O. The number of imide groups is 1. The zero-order valence-corrected chi connectivity index (χ0v) is 36.3. The Morgan fingerprint density at radius 2 is 1.49 bits per heavy atom. The summed E-state index contributed by atoms with van der Waals surface area (Å²) in [5.74, 6) is -8.59. The first kappa shape index (κ1) is 50.4. The van der Waals surface area contributed by atoms with Crippen LogP contribution in [-0.4, -0.2) is 124 Å². The predicted molar refractivity (Wildman–Crippen MR) is 229 cm³/mol. The second kappa shape index (κ2) is 22.9. The van der Waals surface area contributed by atoms with Crippen molar-refractivity contribution in [2.75, 3.05) is 39.3 Å². The lowest BCUT2D eigenvalue weighted by molar-refractivity contribution is -0.141. The molecule has 9 amide bonds. The molecule has 3 atom stereocenters. The largest absolute Gasteiger partial charge is 0.387 e. The summed E-state index contributed by atoms with van der Waals surface area (Å²) in [7, 11) is 0. The molecule has 0 saturated heterocycles. The Hall–Kier alpha value is -7.29. The minimum absolute atomic E-state index is 0.0499. The molecule has 2 aromatic carbocycles. The van der Waals surface area contributed by atoms with Gasteiger partial charge in [-0.05, 0) is 41.7 Å². The lowest BCUT2D eigenvalue weighted by atomic mass is 9.82. The van der Waals surface area contributed by atoms with Gasteiger partial charge in [-0.25, -0.2) is 8.78 Å². The van der Waals surface area contributed by atoms with E-state index in [4.69, 9.17) is 5.73 Å². The van der Waals surface area contributed by atoms with Gasteiger partial charge in [0.25, 0.3) is 11.8 Å². The summed E-state index contributed by atoms with van der Waals surface area (Å²) in [6.07, 6.45) is 2.57. The Labute approximate surface area is 373 Å². The number of carbonyl (C=O) groups excluding carboxylic acids is 9. The number of primary amides is 1. The molecule has 4 rings (SSSR count). The second-order valence-electron chi connectivity index (χ2n) is 16.2. The van der Waals surface area contributed by atoms with Gasteiger partial charge in [0, 0.05) is 68.3 Å². The maximum atomic E-state index is 15.3. The quantitative estimate of drug-likeness (QED) is 0.0521. The number of nitrogens with two attached hydrogens (primary N) is 1. The molecular formula is C44H53F2N9O10. The number of hydrogen-bond donors (Lipinski definition) is 7. The number of hydrogen-bond acceptors (Lipinski definition) is 10. The molecule has 8 N–H and O–H groups in total. The first-order valence-corrected chi connectivity index (χ1v) is 20.5. The molecule has 0 unspecified atom stereocenters. The van der Waals surface area contributed by atoms with E-state index in [0.717, 1.165) is 42.8 Å². The zero-order chi connectivity index (χ0) is 48.0. The van der Waals surface area contributed by atoms with E-state index < -0.39 is 114 Å². The third-order valence-corrected chi connectivity index (χ3v) is 10.0. The number of aliphatic hydroxyl groups excluding tert-OH is 1. The summed E-state index contributed by atoms with van der Waals surface area (Å²) in [4.78, 5) is 116. The molecule has 0 saturated carbocycles. The summed E-state index contributed by atoms with van der Waals surface area (Å²) in [6, 6.07) is 9.70.